The molecule has 0 saturated carbocycles. The minimum Gasteiger partial charge on any atom is -0.469 e. The monoisotopic (exact) mass is 230 g/mol. The molecule has 0 radical (unpaired) electrons. The summed E-state index contributed by atoms with van der Waals surface area (Å²) in [5.74, 6) is -0.917. The van der Waals surface area contributed by atoms with Crippen LogP contribution in [0.15, 0.2) is 0 Å². The zero-order valence-electron chi connectivity index (χ0n) is 9.73. The van der Waals surface area contributed by atoms with Crippen LogP contribution in [0.25, 0.3) is 0 Å². The van der Waals surface area contributed by atoms with E-state index in [2.05, 4.69) is 4.74 Å². The molecule has 2 unspecified atom stereocenters. The fourth-order valence-electron chi connectivity index (χ4n) is 1.65. The summed E-state index contributed by atoms with van der Waals surface area (Å²) in [4.78, 5) is 22.9. The average Bonchev–Trinajstić information content (AvgIpc) is 2.35. The number of ketones is 1. The van der Waals surface area contributed by atoms with Crippen molar-refractivity contribution in [3.8, 4) is 0 Å². The topological polar surface area (TPSA) is 61.8 Å². The van der Waals surface area contributed by atoms with Crippen molar-refractivity contribution in [1.29, 1.82) is 0 Å². The molecule has 16 heavy (non-hydrogen) atoms. The van der Waals surface area contributed by atoms with Crippen molar-refractivity contribution in [3.05, 3.63) is 0 Å². The molecule has 1 heterocycles. The molecule has 0 amide bonds. The van der Waals surface area contributed by atoms with Gasteiger partial charge in [-0.3, -0.25) is 9.59 Å². The number of hydrogen-bond donors (Lipinski definition) is 0. The molecular weight excluding hydrogens is 212 g/mol. The van der Waals surface area contributed by atoms with Crippen molar-refractivity contribution in [2.24, 2.45) is 5.92 Å². The van der Waals surface area contributed by atoms with Gasteiger partial charge in [0.1, 0.15) is 5.78 Å². The number of Topliss-reactive ketones (excluding diaryl/α,β-unsaturated/α-hetero) is 1. The van der Waals surface area contributed by atoms with Gasteiger partial charge in [-0.05, 0) is 0 Å². The van der Waals surface area contributed by atoms with Crippen LogP contribution in [0.4, 0.5) is 0 Å². The fourth-order valence-corrected chi connectivity index (χ4v) is 1.65. The van der Waals surface area contributed by atoms with E-state index in [-0.39, 0.29) is 18.3 Å². The highest BCUT2D eigenvalue weighted by atomic mass is 16.6. The van der Waals surface area contributed by atoms with Crippen LogP contribution < -0.4 is 0 Å². The van der Waals surface area contributed by atoms with Gasteiger partial charge in [0.05, 0.1) is 39.0 Å². The first-order valence-electron chi connectivity index (χ1n) is 5.48. The van der Waals surface area contributed by atoms with Gasteiger partial charge in [-0.15, -0.1) is 0 Å². The predicted octanol–water partition coefficient (Wildman–Crippen LogP) is 0.560. The molecule has 92 valence electrons. The third-order valence-electron chi connectivity index (χ3n) is 2.64. The van der Waals surface area contributed by atoms with Crippen molar-refractivity contribution >= 4 is 11.8 Å². The Morgan fingerprint density at radius 3 is 2.69 bits per heavy atom. The Hall–Kier alpha value is -0.940. The Morgan fingerprint density at radius 2 is 2.19 bits per heavy atom. The van der Waals surface area contributed by atoms with E-state index in [1.54, 1.807) is 6.92 Å². The summed E-state index contributed by atoms with van der Waals surface area (Å²) in [6.45, 7) is 3.11. The predicted molar refractivity (Wildman–Crippen MR) is 56.0 cm³/mol. The number of rotatable bonds is 5. The van der Waals surface area contributed by atoms with Crippen LogP contribution >= 0.6 is 0 Å². The van der Waals surface area contributed by atoms with Crippen molar-refractivity contribution in [1.82, 2.24) is 0 Å². The van der Waals surface area contributed by atoms with Gasteiger partial charge in [0.15, 0.2) is 0 Å². The molecule has 5 nitrogen and oxygen atoms in total. The summed E-state index contributed by atoms with van der Waals surface area (Å²) >= 11 is 0. The smallest absolute Gasteiger partial charge is 0.311 e. The number of hydrogen-bond acceptors (Lipinski definition) is 5. The molecular formula is C11H18O5. The number of carbonyl (C=O) groups is 2. The Kier molecular flexibility index (Phi) is 5.42. The summed E-state index contributed by atoms with van der Waals surface area (Å²) in [6, 6.07) is 0. The van der Waals surface area contributed by atoms with Gasteiger partial charge in [0.25, 0.3) is 0 Å². The quantitative estimate of drug-likeness (QED) is 0.646. The van der Waals surface area contributed by atoms with Gasteiger partial charge in [0.2, 0.25) is 0 Å². The number of esters is 1. The average molecular weight is 230 g/mol. The second kappa shape index (κ2) is 6.60. The minimum atomic E-state index is -0.544. The van der Waals surface area contributed by atoms with E-state index in [0.717, 1.165) is 0 Å². The van der Waals surface area contributed by atoms with Gasteiger partial charge < -0.3 is 14.2 Å². The first-order chi connectivity index (χ1) is 7.69. The van der Waals surface area contributed by atoms with Gasteiger partial charge >= 0.3 is 5.97 Å². The molecule has 0 spiro atoms. The van der Waals surface area contributed by atoms with E-state index >= 15 is 0 Å². The molecule has 1 aliphatic rings. The maximum absolute atomic E-state index is 11.6. The molecule has 0 aliphatic carbocycles. The lowest BCUT2D eigenvalue weighted by Crippen LogP contribution is -2.40. The molecule has 2 atom stereocenters. The van der Waals surface area contributed by atoms with Crippen LogP contribution in [0.3, 0.4) is 0 Å². The Balaban J connectivity index is 2.61. The van der Waals surface area contributed by atoms with E-state index in [0.29, 0.717) is 26.2 Å². The number of methoxy groups -OCH3 is 1. The maximum Gasteiger partial charge on any atom is 0.311 e. The van der Waals surface area contributed by atoms with Gasteiger partial charge in [-0.1, -0.05) is 6.92 Å². The minimum absolute atomic E-state index is 0.0320. The van der Waals surface area contributed by atoms with Crippen LogP contribution in [-0.4, -0.2) is 44.8 Å². The zero-order valence-corrected chi connectivity index (χ0v) is 9.73. The van der Waals surface area contributed by atoms with Crippen LogP contribution in [0.5, 0.6) is 0 Å². The molecule has 0 N–H and O–H groups in total. The molecule has 0 aromatic rings. The first-order valence-corrected chi connectivity index (χ1v) is 5.48. The second-order valence-corrected chi connectivity index (χ2v) is 3.71. The summed E-state index contributed by atoms with van der Waals surface area (Å²) in [5, 5.41) is 0. The van der Waals surface area contributed by atoms with Crippen LogP contribution in [0.1, 0.15) is 19.8 Å². The van der Waals surface area contributed by atoms with Gasteiger partial charge in [-0.25, -0.2) is 0 Å². The molecule has 0 aromatic heterocycles. The molecule has 1 aliphatic heterocycles. The summed E-state index contributed by atoms with van der Waals surface area (Å²) in [7, 11) is 1.31. The van der Waals surface area contributed by atoms with Gasteiger partial charge in [-0.2, -0.15) is 0 Å². The summed E-state index contributed by atoms with van der Waals surface area (Å²) in [6.07, 6.45) is 0.217. The van der Waals surface area contributed by atoms with Crippen molar-refractivity contribution in [3.63, 3.8) is 0 Å². The normalized spacial score (nSPS) is 22.5. The first kappa shape index (κ1) is 13.1. The maximum atomic E-state index is 11.6. The van der Waals surface area contributed by atoms with Crippen LogP contribution in [0, 0.1) is 5.92 Å². The van der Waals surface area contributed by atoms with Crippen molar-refractivity contribution in [2.45, 2.75) is 25.9 Å². The third-order valence-corrected chi connectivity index (χ3v) is 2.64. The van der Waals surface area contributed by atoms with E-state index in [1.807, 2.05) is 0 Å². The summed E-state index contributed by atoms with van der Waals surface area (Å²) < 4.78 is 15.3. The van der Waals surface area contributed by atoms with Crippen molar-refractivity contribution < 1.29 is 23.8 Å². The summed E-state index contributed by atoms with van der Waals surface area (Å²) in [5.41, 5.74) is 0. The lowest BCUT2D eigenvalue weighted by Gasteiger charge is -2.28. The molecule has 5 heteroatoms. The van der Waals surface area contributed by atoms with E-state index < -0.39 is 11.9 Å². The third kappa shape index (κ3) is 3.57. The van der Waals surface area contributed by atoms with E-state index in [4.69, 9.17) is 9.47 Å². The molecule has 0 aromatic carbocycles. The van der Waals surface area contributed by atoms with E-state index in [9.17, 15) is 9.59 Å². The highest BCUT2D eigenvalue weighted by Crippen LogP contribution is 2.18. The fraction of sp³-hybridized carbons (Fsp3) is 0.818. The largest absolute Gasteiger partial charge is 0.469 e. The Bertz CT molecular complexity index is 245. The molecule has 0 bridgehead atoms. The van der Waals surface area contributed by atoms with Gasteiger partial charge in [0, 0.05) is 12.8 Å². The number of carbonyl (C=O) groups excluding carboxylic acids is 2. The molecule has 1 rings (SSSR count). The van der Waals surface area contributed by atoms with Crippen molar-refractivity contribution in [2.75, 3.05) is 26.9 Å². The SMILES string of the molecule is CCC(=O)CC(C(=O)OC)C1COCCO1. The Morgan fingerprint density at radius 1 is 1.44 bits per heavy atom. The highest BCUT2D eigenvalue weighted by Gasteiger charge is 2.33. The lowest BCUT2D eigenvalue weighted by atomic mass is 9.95. The standard InChI is InChI=1S/C11H18O5/c1-3-8(12)6-9(11(13)14-2)10-7-15-4-5-16-10/h9-10H,3-7H2,1-2H3. The second-order valence-electron chi connectivity index (χ2n) is 3.71. The Labute approximate surface area is 95.0 Å². The molecule has 1 fully saturated rings. The highest BCUT2D eigenvalue weighted by molar-refractivity contribution is 5.84. The number of ether oxygens (including phenoxy) is 3. The van der Waals surface area contributed by atoms with E-state index in [1.165, 1.54) is 7.11 Å². The van der Waals surface area contributed by atoms with Crippen LogP contribution in [-0.2, 0) is 23.8 Å². The molecule has 1 saturated heterocycles. The lowest BCUT2D eigenvalue weighted by molar-refractivity contribution is -0.163. The zero-order chi connectivity index (χ0) is 12.0. The van der Waals surface area contributed by atoms with Crippen LogP contribution in [0.2, 0.25) is 0 Å².